The smallest absolute Gasteiger partial charge is 0.137 e. The Morgan fingerprint density at radius 2 is 1.90 bits per heavy atom. The summed E-state index contributed by atoms with van der Waals surface area (Å²) in [6.07, 6.45) is 5.50. The van der Waals surface area contributed by atoms with Gasteiger partial charge in [-0.05, 0) is 62.8 Å². The van der Waals surface area contributed by atoms with Crippen molar-refractivity contribution in [3.8, 4) is 0 Å². The van der Waals surface area contributed by atoms with Crippen LogP contribution in [0.25, 0.3) is 0 Å². The van der Waals surface area contributed by atoms with Crippen LogP contribution in [0.2, 0.25) is 0 Å². The molecule has 2 aliphatic rings. The van der Waals surface area contributed by atoms with Gasteiger partial charge in [0.2, 0.25) is 0 Å². The Morgan fingerprint density at radius 3 is 2.55 bits per heavy atom. The van der Waals surface area contributed by atoms with E-state index in [1.807, 2.05) is 0 Å². The van der Waals surface area contributed by atoms with Crippen molar-refractivity contribution in [1.82, 2.24) is 4.90 Å². The van der Waals surface area contributed by atoms with Crippen LogP contribution < -0.4 is 0 Å². The molecule has 2 unspecified atom stereocenters. The van der Waals surface area contributed by atoms with Crippen LogP contribution in [0.1, 0.15) is 48.8 Å². The first kappa shape index (κ1) is 13.8. The topological polar surface area (TPSA) is 20.3 Å². The molecule has 1 saturated carbocycles. The van der Waals surface area contributed by atoms with Crippen LogP contribution in [-0.2, 0) is 11.3 Å². The molecule has 1 aromatic carbocycles. The van der Waals surface area contributed by atoms with Gasteiger partial charge in [0.25, 0.3) is 0 Å². The summed E-state index contributed by atoms with van der Waals surface area (Å²) in [6.45, 7) is 6.58. The molecule has 3 rings (SSSR count). The number of Topliss-reactive ketones (excluding diaryl/α,β-unsaturated/α-hetero) is 1. The average molecular weight is 271 g/mol. The van der Waals surface area contributed by atoms with Gasteiger partial charge in [-0.1, -0.05) is 18.2 Å². The molecule has 1 aliphatic carbocycles. The molecule has 1 aliphatic heterocycles. The molecule has 20 heavy (non-hydrogen) atoms. The van der Waals surface area contributed by atoms with Crippen molar-refractivity contribution in [1.29, 1.82) is 0 Å². The zero-order valence-electron chi connectivity index (χ0n) is 12.7. The summed E-state index contributed by atoms with van der Waals surface area (Å²) in [6, 6.07) is 7.04. The number of aryl methyl sites for hydroxylation is 2. The predicted molar refractivity (Wildman–Crippen MR) is 81.7 cm³/mol. The molecule has 0 radical (unpaired) electrons. The quantitative estimate of drug-likeness (QED) is 0.836. The Morgan fingerprint density at radius 1 is 1.15 bits per heavy atom. The van der Waals surface area contributed by atoms with Crippen LogP contribution >= 0.6 is 0 Å². The highest BCUT2D eigenvalue weighted by molar-refractivity contribution is 5.83. The fourth-order valence-electron chi connectivity index (χ4n) is 4.05. The van der Waals surface area contributed by atoms with Crippen LogP contribution in [0, 0.1) is 19.8 Å². The molecule has 0 bridgehead atoms. The molecule has 1 aromatic rings. The first-order valence-corrected chi connectivity index (χ1v) is 7.98. The monoisotopic (exact) mass is 271 g/mol. The highest BCUT2D eigenvalue weighted by atomic mass is 16.1. The molecule has 0 aromatic heterocycles. The van der Waals surface area contributed by atoms with Crippen LogP contribution in [0.3, 0.4) is 0 Å². The van der Waals surface area contributed by atoms with Crippen molar-refractivity contribution < 1.29 is 4.79 Å². The number of hydrogen-bond acceptors (Lipinski definition) is 2. The summed E-state index contributed by atoms with van der Waals surface area (Å²) in [5.41, 5.74) is 4.23. The lowest BCUT2D eigenvalue weighted by atomic mass is 9.94. The maximum atomic E-state index is 12.1. The van der Waals surface area contributed by atoms with Gasteiger partial charge in [0.1, 0.15) is 5.78 Å². The second kappa shape index (κ2) is 5.69. The summed E-state index contributed by atoms with van der Waals surface area (Å²) in [7, 11) is 0. The maximum absolute atomic E-state index is 12.1. The first-order chi connectivity index (χ1) is 9.66. The number of ketones is 1. The molecule has 1 heterocycles. The van der Waals surface area contributed by atoms with Crippen molar-refractivity contribution in [2.75, 3.05) is 6.54 Å². The summed E-state index contributed by atoms with van der Waals surface area (Å²) in [4.78, 5) is 14.6. The third-order valence-electron chi connectivity index (χ3n) is 5.24. The average Bonchev–Trinajstić information content (AvgIpc) is 3.02. The molecule has 2 atom stereocenters. The Bertz CT molecular complexity index is 488. The first-order valence-electron chi connectivity index (χ1n) is 7.98. The second-order valence-corrected chi connectivity index (χ2v) is 6.52. The van der Waals surface area contributed by atoms with Gasteiger partial charge >= 0.3 is 0 Å². The highest BCUT2D eigenvalue weighted by Gasteiger charge is 2.38. The molecule has 2 heteroatoms. The maximum Gasteiger partial charge on any atom is 0.137 e. The Kier molecular flexibility index (Phi) is 3.93. The number of nitrogens with zero attached hydrogens (tertiary/aromatic N) is 1. The Balaban J connectivity index is 1.77. The molecule has 0 amide bonds. The van der Waals surface area contributed by atoms with E-state index in [1.165, 1.54) is 29.5 Å². The van der Waals surface area contributed by atoms with E-state index in [0.717, 1.165) is 32.4 Å². The van der Waals surface area contributed by atoms with Crippen LogP contribution in [0.4, 0.5) is 0 Å². The summed E-state index contributed by atoms with van der Waals surface area (Å²) in [5, 5.41) is 0. The van der Waals surface area contributed by atoms with E-state index in [0.29, 0.717) is 17.7 Å². The molecule has 108 valence electrons. The van der Waals surface area contributed by atoms with E-state index in [4.69, 9.17) is 0 Å². The lowest BCUT2D eigenvalue weighted by Gasteiger charge is -2.29. The van der Waals surface area contributed by atoms with Gasteiger partial charge in [0.05, 0.1) is 0 Å². The third kappa shape index (κ3) is 2.54. The van der Waals surface area contributed by atoms with E-state index in [-0.39, 0.29) is 0 Å². The molecule has 2 fully saturated rings. The van der Waals surface area contributed by atoms with Crippen LogP contribution in [0.5, 0.6) is 0 Å². The Labute approximate surface area is 122 Å². The largest absolute Gasteiger partial charge is 0.299 e. The molecule has 2 nitrogen and oxygen atoms in total. The fraction of sp³-hybridized carbons (Fsp3) is 0.611. The highest BCUT2D eigenvalue weighted by Crippen LogP contribution is 2.34. The third-order valence-corrected chi connectivity index (χ3v) is 5.24. The Hall–Kier alpha value is -1.15. The van der Waals surface area contributed by atoms with Crippen LogP contribution in [0.15, 0.2) is 18.2 Å². The lowest BCUT2D eigenvalue weighted by Crippen LogP contribution is -2.37. The van der Waals surface area contributed by atoms with Gasteiger partial charge in [-0.25, -0.2) is 0 Å². The second-order valence-electron chi connectivity index (χ2n) is 6.52. The van der Waals surface area contributed by atoms with Crippen molar-refractivity contribution in [3.63, 3.8) is 0 Å². The van der Waals surface area contributed by atoms with Crippen molar-refractivity contribution >= 4 is 5.78 Å². The minimum absolute atomic E-state index is 0.321. The number of carbonyl (C=O) groups is 1. The number of hydrogen-bond donors (Lipinski definition) is 0. The van der Waals surface area contributed by atoms with Gasteiger partial charge in [-0.3, -0.25) is 9.69 Å². The molecular weight excluding hydrogens is 246 g/mol. The van der Waals surface area contributed by atoms with Gasteiger partial charge in [-0.15, -0.1) is 0 Å². The molecule has 1 saturated heterocycles. The minimum atomic E-state index is 0.321. The van der Waals surface area contributed by atoms with Gasteiger partial charge in [0, 0.05) is 24.9 Å². The van der Waals surface area contributed by atoms with Crippen molar-refractivity contribution in [2.45, 2.75) is 58.5 Å². The number of likely N-dealkylation sites (tertiary alicyclic amines) is 1. The van der Waals surface area contributed by atoms with E-state index in [1.54, 1.807) is 0 Å². The van der Waals surface area contributed by atoms with Crippen molar-refractivity contribution in [2.24, 2.45) is 5.92 Å². The summed E-state index contributed by atoms with van der Waals surface area (Å²) >= 11 is 0. The zero-order chi connectivity index (χ0) is 14.1. The summed E-state index contributed by atoms with van der Waals surface area (Å²) < 4.78 is 0. The SMILES string of the molecule is Cc1cccc(C)c1CN1CCCC1C1CCCC1=O. The number of benzene rings is 1. The van der Waals surface area contributed by atoms with Crippen LogP contribution in [-0.4, -0.2) is 23.3 Å². The zero-order valence-corrected chi connectivity index (χ0v) is 12.7. The summed E-state index contributed by atoms with van der Waals surface area (Å²) in [5.74, 6) is 0.838. The number of rotatable bonds is 3. The van der Waals surface area contributed by atoms with E-state index in [2.05, 4.69) is 36.9 Å². The molecule has 0 N–H and O–H groups in total. The van der Waals surface area contributed by atoms with E-state index in [9.17, 15) is 4.79 Å². The van der Waals surface area contributed by atoms with Crippen molar-refractivity contribution in [3.05, 3.63) is 34.9 Å². The normalized spacial score (nSPS) is 27.4. The van der Waals surface area contributed by atoms with Gasteiger partial charge in [0.15, 0.2) is 0 Å². The standard InChI is InChI=1S/C18H25NO/c1-13-6-3-7-14(2)16(13)12-19-11-5-9-17(19)15-8-4-10-18(15)20/h3,6-7,15,17H,4-5,8-12H2,1-2H3. The minimum Gasteiger partial charge on any atom is -0.299 e. The van der Waals surface area contributed by atoms with Gasteiger partial charge in [-0.2, -0.15) is 0 Å². The fourth-order valence-corrected chi connectivity index (χ4v) is 4.05. The van der Waals surface area contributed by atoms with E-state index >= 15 is 0 Å². The predicted octanol–water partition coefficient (Wildman–Crippen LogP) is 3.64. The number of carbonyl (C=O) groups excluding carboxylic acids is 1. The molecular formula is C18H25NO. The molecule has 0 spiro atoms. The van der Waals surface area contributed by atoms with E-state index < -0.39 is 0 Å². The van der Waals surface area contributed by atoms with Gasteiger partial charge < -0.3 is 0 Å². The lowest BCUT2D eigenvalue weighted by molar-refractivity contribution is -0.122.